The molecule has 0 saturated heterocycles. The third-order valence-corrected chi connectivity index (χ3v) is 6.00. The Morgan fingerprint density at radius 3 is 1.93 bits per heavy atom. The van der Waals surface area contributed by atoms with Crippen LogP contribution >= 0.6 is 17.0 Å². The van der Waals surface area contributed by atoms with Gasteiger partial charge >= 0.3 is 0 Å². The van der Waals surface area contributed by atoms with Crippen molar-refractivity contribution < 1.29 is 12.9 Å². The molecule has 0 rings (SSSR count). The first-order valence-electron chi connectivity index (χ1n) is 10.4. The lowest BCUT2D eigenvalue weighted by atomic mass is 9.92. The molecule has 0 unspecified atom stereocenters. The fraction of sp³-hybridized carbons (Fsp3) is 0.905. The zero-order chi connectivity index (χ0) is 20.1. The highest BCUT2D eigenvalue weighted by Crippen LogP contribution is 2.24. The highest BCUT2D eigenvalue weighted by molar-refractivity contribution is 8.93. The summed E-state index contributed by atoms with van der Waals surface area (Å²) in [5.41, 5.74) is -0.141. The van der Waals surface area contributed by atoms with Crippen molar-refractivity contribution in [1.82, 2.24) is 0 Å². The van der Waals surface area contributed by atoms with Crippen molar-refractivity contribution in [3.8, 4) is 0 Å². The molecule has 0 aromatic heterocycles. The molecule has 6 heteroatoms. The van der Waals surface area contributed by atoms with Crippen molar-refractivity contribution >= 4 is 27.0 Å². The van der Waals surface area contributed by atoms with Gasteiger partial charge in [-0.05, 0) is 17.9 Å². The average Bonchev–Trinajstić information content (AvgIpc) is 2.50. The van der Waals surface area contributed by atoms with E-state index in [4.69, 9.17) is 0 Å². The fourth-order valence-electron chi connectivity index (χ4n) is 3.56. The molecule has 0 heterocycles. The maximum Gasteiger partial charge on any atom is 0.0967 e. The van der Waals surface area contributed by atoms with Gasteiger partial charge in [-0.1, -0.05) is 78.7 Å². The summed E-state index contributed by atoms with van der Waals surface area (Å²) >= 11 is 0. The summed E-state index contributed by atoms with van der Waals surface area (Å²) in [7, 11) is 0.989. The van der Waals surface area contributed by atoms with Gasteiger partial charge in [-0.15, -0.1) is 23.5 Å². The molecule has 0 aromatic carbocycles. The van der Waals surface area contributed by atoms with Crippen LogP contribution in [-0.2, 0) is 10.0 Å². The van der Waals surface area contributed by atoms with E-state index < -0.39 is 10.0 Å². The van der Waals surface area contributed by atoms with Crippen LogP contribution in [0.5, 0.6) is 0 Å². The fourth-order valence-corrected chi connectivity index (χ4v) is 4.80. The van der Waals surface area contributed by atoms with Crippen molar-refractivity contribution in [2.75, 3.05) is 39.5 Å². The Morgan fingerprint density at radius 2 is 1.44 bits per heavy atom. The monoisotopic (exact) mass is 468 g/mol. The van der Waals surface area contributed by atoms with E-state index in [0.717, 1.165) is 36.8 Å². The van der Waals surface area contributed by atoms with Gasteiger partial charge in [0.05, 0.1) is 37.2 Å². The molecule has 0 spiro atoms. The summed E-state index contributed by atoms with van der Waals surface area (Å²) in [6.07, 6.45) is 12.6. The number of rotatable bonds is 17. The minimum Gasteiger partial charge on any atom is -0.548 e. The van der Waals surface area contributed by atoms with Crippen molar-refractivity contribution in [3.05, 3.63) is 17.4 Å². The van der Waals surface area contributed by atoms with Gasteiger partial charge in [0.1, 0.15) is 0 Å². The third-order valence-electron chi connectivity index (χ3n) is 4.67. The molecule has 0 radical (unpaired) electrons. The summed E-state index contributed by atoms with van der Waals surface area (Å²) in [6.45, 7) is 12.3. The second kappa shape index (κ2) is 15.0. The molecule has 0 aliphatic carbocycles. The van der Waals surface area contributed by atoms with Crippen LogP contribution < -0.4 is 0 Å². The van der Waals surface area contributed by atoms with Crippen LogP contribution in [0.15, 0.2) is 12.7 Å². The van der Waals surface area contributed by atoms with Crippen LogP contribution in [0.2, 0.25) is 0 Å². The average molecular weight is 470 g/mol. The molecule has 0 aromatic rings. The van der Waals surface area contributed by atoms with E-state index in [-0.39, 0.29) is 28.1 Å². The molecule has 0 fully saturated rings. The second-order valence-electron chi connectivity index (χ2n) is 9.13. The highest BCUT2D eigenvalue weighted by atomic mass is 79.9. The van der Waals surface area contributed by atoms with Gasteiger partial charge < -0.3 is 9.21 Å². The van der Waals surface area contributed by atoms with Gasteiger partial charge in [-0.2, -0.15) is 0 Å². The number of nitrogens with zero attached hydrogens (tertiary/aromatic N) is 2. The first-order valence-corrected chi connectivity index (χ1v) is 12.0. The zero-order valence-electron chi connectivity index (χ0n) is 18.5. The Balaban J connectivity index is 0. The summed E-state index contributed by atoms with van der Waals surface area (Å²) in [5, 5.41) is 0. The van der Waals surface area contributed by atoms with Crippen molar-refractivity contribution in [2.24, 2.45) is 5.41 Å². The van der Waals surface area contributed by atoms with E-state index >= 15 is 0 Å². The van der Waals surface area contributed by atoms with E-state index in [9.17, 15) is 8.42 Å². The lowest BCUT2D eigenvalue weighted by Gasteiger charge is -2.40. The molecule has 0 bridgehead atoms. The SMILES string of the molecule is Br.C=CC[N+](C)(C)CC(C)(C)C[N-]S(=O)(=O)CCCCCCCCCCC. The topological polar surface area (TPSA) is 48.2 Å². The molecular formula is C21H45BrN2O2S. The number of hydrogen-bond acceptors (Lipinski definition) is 2. The van der Waals surface area contributed by atoms with E-state index in [0.29, 0.717) is 6.54 Å². The summed E-state index contributed by atoms with van der Waals surface area (Å²) in [5.74, 6) is 0.198. The minimum absolute atomic E-state index is 0. The number of hydrogen-bond donors (Lipinski definition) is 0. The van der Waals surface area contributed by atoms with Crippen LogP contribution in [-0.4, -0.2) is 52.4 Å². The van der Waals surface area contributed by atoms with Gasteiger partial charge in [0.15, 0.2) is 0 Å². The predicted octanol–water partition coefficient (Wildman–Crippen LogP) is 6.09. The summed E-state index contributed by atoms with van der Waals surface area (Å²) in [4.78, 5) is 0. The van der Waals surface area contributed by atoms with E-state index in [1.807, 2.05) is 6.08 Å². The molecule has 0 N–H and O–H groups in total. The lowest BCUT2D eigenvalue weighted by Crippen LogP contribution is -2.47. The largest absolute Gasteiger partial charge is 0.548 e. The Morgan fingerprint density at radius 1 is 0.963 bits per heavy atom. The Labute approximate surface area is 180 Å². The van der Waals surface area contributed by atoms with Crippen LogP contribution in [0.25, 0.3) is 4.72 Å². The molecule has 0 aliphatic heterocycles. The Hall–Kier alpha value is 0.0900. The van der Waals surface area contributed by atoms with Crippen molar-refractivity contribution in [1.29, 1.82) is 0 Å². The number of likely N-dealkylation sites (N-methyl/N-ethyl adjacent to an activating group) is 1. The smallest absolute Gasteiger partial charge is 0.0967 e. The number of quaternary nitrogens is 1. The minimum atomic E-state index is -3.29. The standard InChI is InChI=1S/C21H44N2O2S.BrH/c1-7-9-10-11-12-13-14-15-16-18-26(24,25)22-19-21(3,4)20-23(5,6)17-8-2;/h8H,2,7,9-20H2,1,3-6H3;1H. The van der Waals surface area contributed by atoms with Crippen LogP contribution in [0.4, 0.5) is 0 Å². The van der Waals surface area contributed by atoms with Crippen LogP contribution in [0.3, 0.4) is 0 Å². The molecule has 164 valence electrons. The number of halogens is 1. The van der Waals surface area contributed by atoms with Crippen LogP contribution in [0, 0.1) is 5.41 Å². The van der Waals surface area contributed by atoms with E-state index in [1.165, 1.54) is 38.5 Å². The third kappa shape index (κ3) is 17.9. The van der Waals surface area contributed by atoms with Gasteiger partial charge in [0.2, 0.25) is 0 Å². The molecule has 27 heavy (non-hydrogen) atoms. The van der Waals surface area contributed by atoms with Gasteiger partial charge in [0.25, 0.3) is 0 Å². The number of unbranched alkanes of at least 4 members (excludes halogenated alkanes) is 8. The van der Waals surface area contributed by atoms with E-state index in [1.54, 1.807) is 0 Å². The first kappa shape index (κ1) is 29.3. The maximum atomic E-state index is 12.2. The first-order chi connectivity index (χ1) is 12.0. The molecule has 0 saturated carbocycles. The zero-order valence-corrected chi connectivity index (χ0v) is 21.0. The molecular weight excluding hydrogens is 424 g/mol. The maximum absolute atomic E-state index is 12.2. The molecule has 0 atom stereocenters. The van der Waals surface area contributed by atoms with Gasteiger partial charge in [-0.25, -0.2) is 8.42 Å². The molecule has 0 amide bonds. The normalized spacial score (nSPS) is 12.6. The lowest BCUT2D eigenvalue weighted by molar-refractivity contribution is -0.890. The highest BCUT2D eigenvalue weighted by Gasteiger charge is 2.25. The molecule has 4 nitrogen and oxygen atoms in total. The van der Waals surface area contributed by atoms with Crippen LogP contribution in [0.1, 0.15) is 78.6 Å². The second-order valence-corrected chi connectivity index (χ2v) is 11.0. The number of sulfonamides is 1. The Bertz CT molecular complexity index is 477. The predicted molar refractivity (Wildman–Crippen MR) is 125 cm³/mol. The van der Waals surface area contributed by atoms with Crippen molar-refractivity contribution in [3.63, 3.8) is 0 Å². The van der Waals surface area contributed by atoms with Crippen molar-refractivity contribution in [2.45, 2.75) is 78.6 Å². The van der Waals surface area contributed by atoms with Gasteiger partial charge in [0, 0.05) is 5.75 Å². The summed E-state index contributed by atoms with van der Waals surface area (Å²) in [6, 6.07) is 0. The quantitative estimate of drug-likeness (QED) is 0.147. The summed E-state index contributed by atoms with van der Waals surface area (Å²) < 4.78 is 29.2. The molecule has 0 aliphatic rings. The Kier molecular flexibility index (Phi) is 16.3. The van der Waals surface area contributed by atoms with E-state index in [2.05, 4.69) is 46.2 Å². The van der Waals surface area contributed by atoms with Gasteiger partial charge in [-0.3, -0.25) is 0 Å².